The fourth-order valence-corrected chi connectivity index (χ4v) is 2.10. The Kier molecular flexibility index (Phi) is 3.38. The van der Waals surface area contributed by atoms with E-state index in [-0.39, 0.29) is 12.0 Å². The molecule has 2 rings (SSSR count). The molecule has 0 aliphatic carbocycles. The lowest BCUT2D eigenvalue weighted by Crippen LogP contribution is -2.33. The van der Waals surface area contributed by atoms with Crippen LogP contribution in [-0.2, 0) is 9.53 Å². The topological polar surface area (TPSA) is 38.3 Å². The van der Waals surface area contributed by atoms with E-state index in [1.165, 1.54) is 19.2 Å². The van der Waals surface area contributed by atoms with Gasteiger partial charge in [0.1, 0.15) is 17.7 Å². The van der Waals surface area contributed by atoms with E-state index in [9.17, 15) is 13.6 Å². The minimum atomic E-state index is -0.603. The van der Waals surface area contributed by atoms with Gasteiger partial charge in [0.25, 0.3) is 0 Å². The van der Waals surface area contributed by atoms with Crippen LogP contribution >= 0.6 is 0 Å². The van der Waals surface area contributed by atoms with E-state index in [0.29, 0.717) is 18.4 Å². The fraction of sp³-hybridized carbons (Fsp3) is 0.417. The van der Waals surface area contributed by atoms with Crippen LogP contribution in [0.15, 0.2) is 18.2 Å². The molecular weight excluding hydrogens is 228 g/mol. The first-order chi connectivity index (χ1) is 8.11. The molecule has 0 bridgehead atoms. The molecule has 5 heteroatoms. The van der Waals surface area contributed by atoms with Crippen molar-refractivity contribution in [2.45, 2.75) is 24.9 Å². The molecule has 2 unspecified atom stereocenters. The van der Waals surface area contributed by atoms with Crippen molar-refractivity contribution in [2.24, 2.45) is 0 Å². The normalized spacial score (nSPS) is 23.7. The predicted molar refractivity (Wildman–Crippen MR) is 57.3 cm³/mol. The zero-order chi connectivity index (χ0) is 12.4. The summed E-state index contributed by atoms with van der Waals surface area (Å²) in [6.45, 7) is 0. The molecule has 2 atom stereocenters. The molecule has 0 amide bonds. The number of carbonyl (C=O) groups is 1. The van der Waals surface area contributed by atoms with Gasteiger partial charge in [-0.15, -0.1) is 0 Å². The largest absolute Gasteiger partial charge is 0.468 e. The van der Waals surface area contributed by atoms with E-state index < -0.39 is 17.7 Å². The molecule has 0 radical (unpaired) electrons. The summed E-state index contributed by atoms with van der Waals surface area (Å²) < 4.78 is 30.9. The van der Waals surface area contributed by atoms with Crippen LogP contribution in [-0.4, -0.2) is 19.1 Å². The number of benzene rings is 1. The van der Waals surface area contributed by atoms with Crippen molar-refractivity contribution in [3.05, 3.63) is 35.4 Å². The van der Waals surface area contributed by atoms with Gasteiger partial charge in [-0.2, -0.15) is 0 Å². The maximum atomic E-state index is 13.5. The maximum Gasteiger partial charge on any atom is 0.322 e. The van der Waals surface area contributed by atoms with Crippen LogP contribution in [0.3, 0.4) is 0 Å². The predicted octanol–water partition coefficient (Wildman–Crippen LogP) is 1.93. The fourth-order valence-electron chi connectivity index (χ4n) is 2.10. The number of rotatable bonds is 2. The van der Waals surface area contributed by atoms with Crippen molar-refractivity contribution < 1.29 is 18.3 Å². The molecule has 1 aliphatic rings. The van der Waals surface area contributed by atoms with Crippen molar-refractivity contribution in [1.82, 2.24) is 5.32 Å². The molecular formula is C12H13F2NO2. The Morgan fingerprint density at radius 3 is 2.82 bits per heavy atom. The maximum absolute atomic E-state index is 13.5. The number of methoxy groups -OCH3 is 1. The highest BCUT2D eigenvalue weighted by Crippen LogP contribution is 2.28. The van der Waals surface area contributed by atoms with Crippen LogP contribution in [0.2, 0.25) is 0 Å². The lowest BCUT2D eigenvalue weighted by Gasteiger charge is -2.13. The van der Waals surface area contributed by atoms with E-state index in [1.54, 1.807) is 0 Å². The first-order valence-corrected chi connectivity index (χ1v) is 5.40. The van der Waals surface area contributed by atoms with Gasteiger partial charge < -0.3 is 4.74 Å². The van der Waals surface area contributed by atoms with E-state index in [4.69, 9.17) is 0 Å². The molecule has 0 spiro atoms. The Labute approximate surface area is 97.8 Å². The van der Waals surface area contributed by atoms with Crippen LogP contribution in [0.1, 0.15) is 24.4 Å². The summed E-state index contributed by atoms with van der Waals surface area (Å²) in [5.74, 6) is -1.54. The number of halogens is 2. The van der Waals surface area contributed by atoms with Gasteiger partial charge in [-0.25, -0.2) is 8.78 Å². The molecule has 1 aromatic rings. The SMILES string of the molecule is COC(=O)C1CCC(c2ccc(F)cc2F)N1. The summed E-state index contributed by atoms with van der Waals surface area (Å²) >= 11 is 0. The minimum absolute atomic E-state index is 0.264. The van der Waals surface area contributed by atoms with Crippen molar-refractivity contribution in [2.75, 3.05) is 7.11 Å². The number of nitrogens with one attached hydrogen (secondary N) is 1. The first kappa shape index (κ1) is 12.0. The standard InChI is InChI=1S/C12H13F2NO2/c1-17-12(16)11-5-4-10(15-11)8-3-2-7(13)6-9(8)14/h2-3,6,10-11,15H,4-5H2,1H3. The van der Waals surface area contributed by atoms with Crippen LogP contribution < -0.4 is 5.32 Å². The second-order valence-electron chi connectivity index (χ2n) is 4.04. The van der Waals surface area contributed by atoms with Gasteiger partial charge in [-0.3, -0.25) is 10.1 Å². The zero-order valence-electron chi connectivity index (χ0n) is 9.37. The average Bonchev–Trinajstić information content (AvgIpc) is 2.77. The average molecular weight is 241 g/mol. The molecule has 0 aromatic heterocycles. The Balaban J connectivity index is 2.12. The van der Waals surface area contributed by atoms with Crippen LogP contribution in [0.25, 0.3) is 0 Å². The van der Waals surface area contributed by atoms with E-state index in [2.05, 4.69) is 10.1 Å². The summed E-state index contributed by atoms with van der Waals surface area (Å²) in [4.78, 5) is 11.3. The summed E-state index contributed by atoms with van der Waals surface area (Å²) in [7, 11) is 1.32. The van der Waals surface area contributed by atoms with Gasteiger partial charge >= 0.3 is 5.97 Å². The number of carbonyl (C=O) groups excluding carboxylic acids is 1. The van der Waals surface area contributed by atoms with Crippen LogP contribution in [0.4, 0.5) is 8.78 Å². The van der Waals surface area contributed by atoms with Crippen molar-refractivity contribution in [3.63, 3.8) is 0 Å². The molecule has 3 nitrogen and oxygen atoms in total. The highest BCUT2D eigenvalue weighted by molar-refractivity contribution is 5.76. The Hall–Kier alpha value is -1.49. The lowest BCUT2D eigenvalue weighted by atomic mass is 10.0. The minimum Gasteiger partial charge on any atom is -0.468 e. The highest BCUT2D eigenvalue weighted by Gasteiger charge is 2.31. The first-order valence-electron chi connectivity index (χ1n) is 5.40. The van der Waals surface area contributed by atoms with E-state index in [1.807, 2.05) is 0 Å². The second-order valence-corrected chi connectivity index (χ2v) is 4.04. The van der Waals surface area contributed by atoms with E-state index >= 15 is 0 Å². The Morgan fingerprint density at radius 2 is 2.18 bits per heavy atom. The second kappa shape index (κ2) is 4.79. The zero-order valence-corrected chi connectivity index (χ0v) is 9.37. The van der Waals surface area contributed by atoms with Crippen LogP contribution in [0, 0.1) is 11.6 Å². The molecule has 0 saturated carbocycles. The Bertz CT molecular complexity index is 437. The summed E-state index contributed by atoms with van der Waals surface area (Å²) in [5.41, 5.74) is 0.387. The summed E-state index contributed by atoms with van der Waals surface area (Å²) in [6, 6.07) is 2.80. The van der Waals surface area contributed by atoms with Gasteiger partial charge in [0, 0.05) is 17.7 Å². The highest BCUT2D eigenvalue weighted by atomic mass is 19.1. The molecule has 17 heavy (non-hydrogen) atoms. The molecule has 92 valence electrons. The number of hydrogen-bond donors (Lipinski definition) is 1. The molecule has 1 fully saturated rings. The van der Waals surface area contributed by atoms with Crippen molar-refractivity contribution in [3.8, 4) is 0 Å². The van der Waals surface area contributed by atoms with Gasteiger partial charge in [0.15, 0.2) is 0 Å². The molecule has 1 aromatic carbocycles. The monoisotopic (exact) mass is 241 g/mol. The third-order valence-electron chi connectivity index (χ3n) is 2.97. The summed E-state index contributed by atoms with van der Waals surface area (Å²) in [5, 5.41) is 2.98. The third-order valence-corrected chi connectivity index (χ3v) is 2.97. The smallest absolute Gasteiger partial charge is 0.322 e. The molecule has 1 N–H and O–H groups in total. The Morgan fingerprint density at radius 1 is 1.41 bits per heavy atom. The molecule has 1 heterocycles. The van der Waals surface area contributed by atoms with Gasteiger partial charge in [-0.1, -0.05) is 6.07 Å². The number of ether oxygens (including phenoxy) is 1. The molecule has 1 saturated heterocycles. The quantitative estimate of drug-likeness (QED) is 0.804. The van der Waals surface area contributed by atoms with Crippen molar-refractivity contribution >= 4 is 5.97 Å². The van der Waals surface area contributed by atoms with Crippen LogP contribution in [0.5, 0.6) is 0 Å². The van der Waals surface area contributed by atoms with Crippen molar-refractivity contribution in [1.29, 1.82) is 0 Å². The third kappa shape index (κ3) is 2.44. The number of esters is 1. The lowest BCUT2D eigenvalue weighted by molar-refractivity contribution is -0.142. The number of hydrogen-bond acceptors (Lipinski definition) is 3. The van der Waals surface area contributed by atoms with Gasteiger partial charge in [0.05, 0.1) is 7.11 Å². The van der Waals surface area contributed by atoms with Gasteiger partial charge in [0.2, 0.25) is 0 Å². The summed E-state index contributed by atoms with van der Waals surface area (Å²) in [6.07, 6.45) is 1.22. The molecule has 1 aliphatic heterocycles. The van der Waals surface area contributed by atoms with E-state index in [0.717, 1.165) is 6.07 Å². The van der Waals surface area contributed by atoms with Gasteiger partial charge in [-0.05, 0) is 18.9 Å².